The third kappa shape index (κ3) is 5.97. The molecule has 196 valence electrons. The summed E-state index contributed by atoms with van der Waals surface area (Å²) in [7, 11) is 0. The van der Waals surface area contributed by atoms with Crippen molar-refractivity contribution >= 4 is 22.4 Å². The van der Waals surface area contributed by atoms with Gasteiger partial charge >= 0.3 is 5.97 Å². The van der Waals surface area contributed by atoms with E-state index in [-0.39, 0.29) is 24.2 Å². The van der Waals surface area contributed by atoms with Gasteiger partial charge in [0.25, 0.3) is 0 Å². The van der Waals surface area contributed by atoms with Crippen molar-refractivity contribution in [2.75, 3.05) is 24.6 Å². The van der Waals surface area contributed by atoms with Crippen LogP contribution in [-0.2, 0) is 16.0 Å². The summed E-state index contributed by atoms with van der Waals surface area (Å²) < 4.78 is 24.9. The van der Waals surface area contributed by atoms with Crippen LogP contribution in [0, 0.1) is 5.82 Å². The second-order valence-corrected chi connectivity index (χ2v) is 9.72. The quantitative estimate of drug-likeness (QED) is 0.250. The number of esters is 1. The molecular formula is C32H33FN2O3. The minimum atomic E-state index is -0.376. The van der Waals surface area contributed by atoms with E-state index < -0.39 is 0 Å². The Balaban J connectivity index is 1.31. The van der Waals surface area contributed by atoms with E-state index in [9.17, 15) is 9.18 Å². The Kier molecular flexibility index (Phi) is 7.89. The van der Waals surface area contributed by atoms with Crippen LogP contribution in [0.25, 0.3) is 10.8 Å². The molecule has 5 nitrogen and oxygen atoms in total. The molecule has 1 aliphatic rings. The van der Waals surface area contributed by atoms with Crippen LogP contribution in [-0.4, -0.2) is 31.7 Å². The number of nitrogens with zero attached hydrogens (tertiary/aromatic N) is 1. The van der Waals surface area contributed by atoms with Crippen molar-refractivity contribution in [3.63, 3.8) is 0 Å². The molecule has 0 unspecified atom stereocenters. The first-order valence-corrected chi connectivity index (χ1v) is 13.2. The number of fused-ring (bicyclic) bond motifs is 1. The zero-order valence-corrected chi connectivity index (χ0v) is 21.8. The topological polar surface area (TPSA) is 50.8 Å². The summed E-state index contributed by atoms with van der Waals surface area (Å²) in [5.41, 5.74) is 3.04. The van der Waals surface area contributed by atoms with E-state index in [2.05, 4.69) is 59.6 Å². The molecule has 1 N–H and O–H groups in total. The number of carbonyl (C=O) groups is 1. The molecule has 4 aromatic rings. The van der Waals surface area contributed by atoms with Crippen LogP contribution in [0.5, 0.6) is 11.5 Å². The van der Waals surface area contributed by atoms with Gasteiger partial charge < -0.3 is 19.7 Å². The number of hydrogen-bond donors (Lipinski definition) is 1. The maximum absolute atomic E-state index is 13.7. The Bertz CT molecular complexity index is 1420. The van der Waals surface area contributed by atoms with Gasteiger partial charge in [0, 0.05) is 42.5 Å². The van der Waals surface area contributed by atoms with Gasteiger partial charge in [0.15, 0.2) is 0 Å². The van der Waals surface area contributed by atoms with E-state index in [0.29, 0.717) is 29.7 Å². The number of ether oxygens (including phenoxy) is 2. The van der Waals surface area contributed by atoms with Gasteiger partial charge in [-0.25, -0.2) is 4.39 Å². The van der Waals surface area contributed by atoms with Crippen molar-refractivity contribution in [2.45, 2.75) is 38.8 Å². The number of halogens is 1. The first-order chi connectivity index (χ1) is 18.5. The predicted molar refractivity (Wildman–Crippen MR) is 149 cm³/mol. The van der Waals surface area contributed by atoms with Crippen molar-refractivity contribution < 1.29 is 18.7 Å². The maximum atomic E-state index is 13.7. The lowest BCUT2D eigenvalue weighted by molar-refractivity contribution is -0.142. The average Bonchev–Trinajstić information content (AvgIpc) is 3.38. The van der Waals surface area contributed by atoms with Crippen LogP contribution in [0.15, 0.2) is 84.9 Å². The highest BCUT2D eigenvalue weighted by atomic mass is 19.1. The Labute approximate surface area is 223 Å². The van der Waals surface area contributed by atoms with Gasteiger partial charge in [-0.05, 0) is 66.9 Å². The highest BCUT2D eigenvalue weighted by Crippen LogP contribution is 2.32. The van der Waals surface area contributed by atoms with Crippen molar-refractivity contribution in [2.24, 2.45) is 0 Å². The van der Waals surface area contributed by atoms with Crippen LogP contribution >= 0.6 is 0 Å². The van der Waals surface area contributed by atoms with Gasteiger partial charge in [-0.1, -0.05) is 48.5 Å². The van der Waals surface area contributed by atoms with Crippen LogP contribution in [0.2, 0.25) is 0 Å². The molecule has 38 heavy (non-hydrogen) atoms. The normalized spacial score (nSPS) is 16.0. The number of rotatable bonds is 9. The minimum absolute atomic E-state index is 0.0833. The molecule has 6 heteroatoms. The molecule has 0 bridgehead atoms. The summed E-state index contributed by atoms with van der Waals surface area (Å²) in [5.74, 6) is 0.208. The van der Waals surface area contributed by atoms with Crippen LogP contribution in [0.4, 0.5) is 10.1 Å². The first-order valence-electron chi connectivity index (χ1n) is 13.2. The molecule has 0 saturated carbocycles. The fourth-order valence-corrected chi connectivity index (χ4v) is 5.23. The van der Waals surface area contributed by atoms with E-state index >= 15 is 0 Å². The van der Waals surface area contributed by atoms with Gasteiger partial charge in [0.05, 0.1) is 13.0 Å². The molecular weight excluding hydrogens is 479 g/mol. The zero-order chi connectivity index (χ0) is 26.5. The molecule has 1 heterocycles. The van der Waals surface area contributed by atoms with Crippen molar-refractivity contribution in [3.05, 3.63) is 102 Å². The maximum Gasteiger partial charge on any atom is 0.310 e. The lowest BCUT2D eigenvalue weighted by Crippen LogP contribution is -2.34. The fraction of sp³-hybridized carbons (Fsp3) is 0.281. The number of hydrogen-bond acceptors (Lipinski definition) is 5. The van der Waals surface area contributed by atoms with E-state index in [1.165, 1.54) is 28.5 Å². The van der Waals surface area contributed by atoms with Gasteiger partial charge in [0.2, 0.25) is 0 Å². The highest BCUT2D eigenvalue weighted by Gasteiger charge is 2.25. The van der Waals surface area contributed by atoms with Gasteiger partial charge in [0.1, 0.15) is 17.3 Å². The molecule has 0 radical (unpaired) electrons. The summed E-state index contributed by atoms with van der Waals surface area (Å²) in [6, 6.07) is 27.4. The van der Waals surface area contributed by atoms with Crippen molar-refractivity contribution in [3.8, 4) is 11.5 Å². The molecule has 4 aromatic carbocycles. The monoisotopic (exact) mass is 512 g/mol. The number of anilines is 1. The van der Waals surface area contributed by atoms with E-state index in [0.717, 1.165) is 25.2 Å². The van der Waals surface area contributed by atoms with E-state index in [4.69, 9.17) is 9.47 Å². The Hall–Kier alpha value is -3.90. The molecule has 2 atom stereocenters. The van der Waals surface area contributed by atoms with Gasteiger partial charge in [-0.2, -0.15) is 0 Å². The average molecular weight is 513 g/mol. The summed E-state index contributed by atoms with van der Waals surface area (Å²) in [5, 5.41) is 6.36. The lowest BCUT2D eigenvalue weighted by atomic mass is 9.99. The highest BCUT2D eigenvalue weighted by molar-refractivity contribution is 5.86. The number of carbonyl (C=O) groups excluding carboxylic acids is 1. The van der Waals surface area contributed by atoms with Crippen molar-refractivity contribution in [1.29, 1.82) is 0 Å². The third-order valence-corrected chi connectivity index (χ3v) is 7.04. The fourth-order valence-electron chi connectivity index (χ4n) is 5.23. The van der Waals surface area contributed by atoms with Gasteiger partial charge in [-0.3, -0.25) is 4.79 Å². The smallest absolute Gasteiger partial charge is 0.310 e. The molecule has 1 fully saturated rings. The van der Waals surface area contributed by atoms with E-state index in [1.54, 1.807) is 19.1 Å². The summed E-state index contributed by atoms with van der Waals surface area (Å²) in [6.45, 7) is 6.09. The largest absolute Gasteiger partial charge is 0.466 e. The molecule has 0 aliphatic carbocycles. The Morgan fingerprint density at radius 2 is 1.87 bits per heavy atom. The summed E-state index contributed by atoms with van der Waals surface area (Å²) in [6.07, 6.45) is 1.10. The van der Waals surface area contributed by atoms with E-state index in [1.807, 2.05) is 18.2 Å². The summed E-state index contributed by atoms with van der Waals surface area (Å²) >= 11 is 0. The molecule has 0 amide bonds. The first kappa shape index (κ1) is 25.7. The molecule has 0 aromatic heterocycles. The number of nitrogens with one attached hydrogen (secondary N) is 1. The standard InChI is InChI=1S/C32H33FN2O3/c1-3-37-32(36)19-24-18-27(14-15-31(24)38-28-11-7-10-25(33)20-28)35-17-16-26(21-35)34-22(2)29-13-6-9-23-8-4-5-12-30(23)29/h4-15,18,20,22,26,34H,3,16-17,19,21H2,1-2H3/t22-,26+/m1/s1. The molecule has 1 saturated heterocycles. The number of benzene rings is 4. The minimum Gasteiger partial charge on any atom is -0.466 e. The molecule has 5 rings (SSSR count). The Morgan fingerprint density at radius 3 is 2.71 bits per heavy atom. The van der Waals surface area contributed by atoms with Crippen LogP contribution < -0.4 is 15.0 Å². The zero-order valence-electron chi connectivity index (χ0n) is 21.8. The van der Waals surface area contributed by atoms with Crippen LogP contribution in [0.3, 0.4) is 0 Å². The summed E-state index contributed by atoms with van der Waals surface area (Å²) in [4.78, 5) is 14.7. The van der Waals surface area contributed by atoms with Gasteiger partial charge in [-0.15, -0.1) is 0 Å². The molecule has 1 aliphatic heterocycles. The third-order valence-electron chi connectivity index (χ3n) is 7.04. The second kappa shape index (κ2) is 11.7. The SMILES string of the molecule is CCOC(=O)Cc1cc(N2CC[C@H](N[C@H](C)c3cccc4ccccc34)C2)ccc1Oc1cccc(F)c1. The van der Waals surface area contributed by atoms with Crippen molar-refractivity contribution in [1.82, 2.24) is 5.32 Å². The second-order valence-electron chi connectivity index (χ2n) is 9.72. The lowest BCUT2D eigenvalue weighted by Gasteiger charge is -2.23. The predicted octanol–water partition coefficient (Wildman–Crippen LogP) is 6.81. The Morgan fingerprint density at radius 1 is 1.05 bits per heavy atom. The molecule has 0 spiro atoms. The van der Waals surface area contributed by atoms with Crippen LogP contribution in [0.1, 0.15) is 37.4 Å².